The number of hydrogen-bond donors (Lipinski definition) is 3. The Hall–Kier alpha value is -5.03. The van der Waals surface area contributed by atoms with Crippen LogP contribution < -0.4 is 20.7 Å². The third-order valence-corrected chi connectivity index (χ3v) is 8.51. The largest absolute Gasteiger partial charge is 0.480 e. The number of aromatic nitrogens is 4. The standard InChI is InChI=1S/C34H38F2N8O6/c1-20-29(22-16-26(33(48-3)38-18-22)32(45)39-24-9-13-49-14-10-24)42-44(25-6-4-23(35)5-7-25)31(20)41-34(46)40-27-19-43(12-15-47-2)50-30(27)21-8-11-37-28(36)17-21/h4-8,11,16-18,24,27,30H,9-10,12-15,19H2,1-3H3,(H,39,45)(H2,40,41,46)/t27-,30+/m1/s1. The number of rotatable bonds is 11. The number of nitrogens with one attached hydrogen (secondary N) is 3. The zero-order chi connectivity index (χ0) is 35.2. The zero-order valence-electron chi connectivity index (χ0n) is 27.8. The van der Waals surface area contributed by atoms with Crippen molar-refractivity contribution in [3.8, 4) is 22.8 Å². The SMILES string of the molecule is COCCN1C[C@@H](NC(=O)Nc2c(C)c(-c3cnc(OC)c(C(=O)NC4CCOCC4)c3)nn2-c2ccc(F)cc2)[C@H](c2ccnc(F)c2)O1. The van der Waals surface area contributed by atoms with Crippen molar-refractivity contribution in [2.24, 2.45) is 0 Å². The Morgan fingerprint density at radius 1 is 1.04 bits per heavy atom. The molecular formula is C34H38F2N8O6. The van der Waals surface area contributed by atoms with Crippen molar-refractivity contribution in [2.45, 2.75) is 38.0 Å². The number of halogens is 2. The van der Waals surface area contributed by atoms with Crippen LogP contribution in [0, 0.1) is 18.7 Å². The van der Waals surface area contributed by atoms with E-state index in [-0.39, 0.29) is 29.2 Å². The lowest BCUT2D eigenvalue weighted by Crippen LogP contribution is -2.42. The number of hydrogen-bond acceptors (Lipinski definition) is 10. The van der Waals surface area contributed by atoms with E-state index in [1.165, 1.54) is 54.5 Å². The molecule has 50 heavy (non-hydrogen) atoms. The van der Waals surface area contributed by atoms with Crippen LogP contribution in [0.1, 0.15) is 40.4 Å². The average molecular weight is 693 g/mol. The third kappa shape index (κ3) is 7.89. The molecular weight excluding hydrogens is 654 g/mol. The van der Waals surface area contributed by atoms with Gasteiger partial charge in [-0.2, -0.15) is 14.6 Å². The molecule has 0 saturated carbocycles. The first-order chi connectivity index (χ1) is 24.2. The minimum absolute atomic E-state index is 0.0483. The van der Waals surface area contributed by atoms with Crippen LogP contribution in [0.25, 0.3) is 16.9 Å². The van der Waals surface area contributed by atoms with Crippen LogP contribution in [0.15, 0.2) is 54.9 Å². The molecule has 6 rings (SSSR count). The monoisotopic (exact) mass is 692 g/mol. The van der Waals surface area contributed by atoms with Gasteiger partial charge in [0.2, 0.25) is 11.8 Å². The molecule has 2 aliphatic heterocycles. The summed E-state index contributed by atoms with van der Waals surface area (Å²) < 4.78 is 45.5. The van der Waals surface area contributed by atoms with Gasteiger partial charge < -0.3 is 24.8 Å². The van der Waals surface area contributed by atoms with Crippen molar-refractivity contribution in [3.05, 3.63) is 83.3 Å². The van der Waals surface area contributed by atoms with Gasteiger partial charge in [-0.15, -0.1) is 0 Å². The molecule has 0 bridgehead atoms. The Kier molecular flexibility index (Phi) is 10.9. The molecule has 2 atom stereocenters. The van der Waals surface area contributed by atoms with Crippen molar-refractivity contribution >= 4 is 17.8 Å². The summed E-state index contributed by atoms with van der Waals surface area (Å²) in [6, 6.07) is 8.93. The highest BCUT2D eigenvalue weighted by atomic mass is 19.1. The zero-order valence-corrected chi connectivity index (χ0v) is 27.8. The molecule has 264 valence electrons. The minimum atomic E-state index is -0.704. The molecule has 0 aliphatic carbocycles. The average Bonchev–Trinajstić information content (AvgIpc) is 3.67. The second kappa shape index (κ2) is 15.7. The van der Waals surface area contributed by atoms with Crippen molar-refractivity contribution in [3.63, 3.8) is 0 Å². The molecule has 4 aromatic rings. The van der Waals surface area contributed by atoms with Crippen molar-refractivity contribution in [1.82, 2.24) is 35.4 Å². The van der Waals surface area contributed by atoms with Crippen LogP contribution in [0.3, 0.4) is 0 Å². The topological polar surface area (TPSA) is 154 Å². The van der Waals surface area contributed by atoms with Gasteiger partial charge in [-0.3, -0.25) is 14.9 Å². The predicted molar refractivity (Wildman–Crippen MR) is 177 cm³/mol. The van der Waals surface area contributed by atoms with E-state index in [9.17, 15) is 18.4 Å². The van der Waals surface area contributed by atoms with E-state index < -0.39 is 29.9 Å². The molecule has 5 heterocycles. The number of nitrogens with zero attached hydrogens (tertiary/aromatic N) is 5. The quantitative estimate of drug-likeness (QED) is 0.197. The van der Waals surface area contributed by atoms with E-state index in [0.717, 1.165) is 0 Å². The second-order valence-corrected chi connectivity index (χ2v) is 11.9. The van der Waals surface area contributed by atoms with Crippen molar-refractivity contribution in [2.75, 3.05) is 52.4 Å². The molecule has 3 N–H and O–H groups in total. The summed E-state index contributed by atoms with van der Waals surface area (Å²) in [5.74, 6) is -1.03. The lowest BCUT2D eigenvalue weighted by Gasteiger charge is -2.23. The molecule has 3 aromatic heterocycles. The van der Waals surface area contributed by atoms with Gasteiger partial charge in [0.1, 0.15) is 23.3 Å². The van der Waals surface area contributed by atoms with Gasteiger partial charge in [-0.1, -0.05) is 0 Å². The molecule has 0 radical (unpaired) electrons. The number of benzene rings is 1. The van der Waals surface area contributed by atoms with E-state index in [1.54, 1.807) is 31.2 Å². The Morgan fingerprint density at radius 3 is 2.54 bits per heavy atom. The number of ether oxygens (including phenoxy) is 3. The maximum absolute atomic E-state index is 14.1. The molecule has 16 heteroatoms. The maximum Gasteiger partial charge on any atom is 0.320 e. The van der Waals surface area contributed by atoms with Gasteiger partial charge in [0.25, 0.3) is 5.91 Å². The molecule has 0 unspecified atom stereocenters. The van der Waals surface area contributed by atoms with Gasteiger partial charge in [-0.25, -0.2) is 23.8 Å². The third-order valence-electron chi connectivity index (χ3n) is 8.51. The highest BCUT2D eigenvalue weighted by molar-refractivity contribution is 5.98. The van der Waals surface area contributed by atoms with Gasteiger partial charge in [0.15, 0.2) is 0 Å². The Labute approximate surface area is 287 Å². The fraction of sp³-hybridized carbons (Fsp3) is 0.382. The number of anilines is 1. The minimum Gasteiger partial charge on any atom is -0.480 e. The summed E-state index contributed by atoms with van der Waals surface area (Å²) in [6.07, 6.45) is 3.55. The molecule has 2 saturated heterocycles. The number of carbonyl (C=O) groups excluding carboxylic acids is 2. The van der Waals surface area contributed by atoms with Crippen LogP contribution in [-0.2, 0) is 14.3 Å². The van der Waals surface area contributed by atoms with Crippen LogP contribution in [0.2, 0.25) is 0 Å². The summed E-state index contributed by atoms with van der Waals surface area (Å²) in [4.78, 5) is 41.1. The number of methoxy groups -OCH3 is 2. The van der Waals surface area contributed by atoms with E-state index >= 15 is 0 Å². The Morgan fingerprint density at radius 2 is 1.82 bits per heavy atom. The van der Waals surface area contributed by atoms with Gasteiger partial charge in [0, 0.05) is 63.0 Å². The number of carbonyl (C=O) groups is 2. The van der Waals surface area contributed by atoms with Crippen LogP contribution >= 0.6 is 0 Å². The molecule has 14 nitrogen and oxygen atoms in total. The molecule has 3 amide bonds. The Balaban J connectivity index is 1.30. The molecule has 2 aliphatic rings. The van der Waals surface area contributed by atoms with Crippen LogP contribution in [0.4, 0.5) is 19.4 Å². The van der Waals surface area contributed by atoms with E-state index in [0.29, 0.717) is 73.8 Å². The predicted octanol–water partition coefficient (Wildman–Crippen LogP) is 3.96. The van der Waals surface area contributed by atoms with Crippen molar-refractivity contribution < 1.29 is 37.4 Å². The number of hydroxylamine groups is 2. The maximum atomic E-state index is 14.1. The Bertz CT molecular complexity index is 1820. The smallest absolute Gasteiger partial charge is 0.320 e. The molecule has 0 spiro atoms. The number of amides is 3. The fourth-order valence-corrected chi connectivity index (χ4v) is 5.95. The first-order valence-corrected chi connectivity index (χ1v) is 16.1. The fourth-order valence-electron chi connectivity index (χ4n) is 5.95. The van der Waals surface area contributed by atoms with Crippen LogP contribution in [-0.4, -0.2) is 96.0 Å². The number of pyridine rings is 2. The van der Waals surface area contributed by atoms with Gasteiger partial charge in [-0.05, 0) is 67.8 Å². The summed E-state index contributed by atoms with van der Waals surface area (Å²) in [7, 11) is 3.01. The first kappa shape index (κ1) is 34.8. The van der Waals surface area contributed by atoms with E-state index in [2.05, 4.69) is 25.9 Å². The van der Waals surface area contributed by atoms with Gasteiger partial charge >= 0.3 is 6.03 Å². The summed E-state index contributed by atoms with van der Waals surface area (Å²) in [5.41, 5.74) is 2.64. The summed E-state index contributed by atoms with van der Waals surface area (Å²) >= 11 is 0. The summed E-state index contributed by atoms with van der Waals surface area (Å²) in [6.45, 7) is 3.99. The molecule has 1 aromatic carbocycles. The highest BCUT2D eigenvalue weighted by Crippen LogP contribution is 2.33. The van der Waals surface area contributed by atoms with Crippen molar-refractivity contribution in [1.29, 1.82) is 0 Å². The van der Waals surface area contributed by atoms with E-state index in [1.807, 2.05) is 0 Å². The lowest BCUT2D eigenvalue weighted by molar-refractivity contribution is -0.154. The lowest BCUT2D eigenvalue weighted by atomic mass is 10.0. The normalized spacial score (nSPS) is 18.2. The van der Waals surface area contributed by atoms with Crippen LogP contribution in [0.5, 0.6) is 5.88 Å². The first-order valence-electron chi connectivity index (χ1n) is 16.1. The highest BCUT2D eigenvalue weighted by Gasteiger charge is 2.37. The summed E-state index contributed by atoms with van der Waals surface area (Å²) in [5, 5.41) is 15.3. The van der Waals surface area contributed by atoms with Gasteiger partial charge in [0.05, 0.1) is 31.1 Å². The van der Waals surface area contributed by atoms with E-state index in [4.69, 9.17) is 24.1 Å². The second-order valence-electron chi connectivity index (χ2n) is 11.9. The number of urea groups is 1. The molecule has 2 fully saturated rings.